The first kappa shape index (κ1) is 18.5. The highest BCUT2D eigenvalue weighted by Gasteiger charge is 2.27. The lowest BCUT2D eigenvalue weighted by Gasteiger charge is -2.37. The highest BCUT2D eigenvalue weighted by atomic mass is 16.5. The van der Waals surface area contributed by atoms with Crippen LogP contribution in [0.4, 0.5) is 0 Å². The minimum absolute atomic E-state index is 0.0172. The van der Waals surface area contributed by atoms with Gasteiger partial charge < -0.3 is 19.4 Å². The zero-order chi connectivity index (χ0) is 17.4. The Bertz CT molecular complexity index is 510. The number of amides is 2. The van der Waals surface area contributed by atoms with E-state index in [-0.39, 0.29) is 17.9 Å². The van der Waals surface area contributed by atoms with E-state index < -0.39 is 0 Å². The summed E-state index contributed by atoms with van der Waals surface area (Å²) in [5, 5.41) is 2.94. The van der Waals surface area contributed by atoms with Crippen LogP contribution in [0, 0.1) is 0 Å². The molecule has 0 radical (unpaired) electrons. The molecule has 1 saturated heterocycles. The van der Waals surface area contributed by atoms with Crippen molar-refractivity contribution in [2.24, 2.45) is 0 Å². The lowest BCUT2D eigenvalue weighted by atomic mass is 10.2. The number of carbonyl (C=O) groups excluding carboxylic acids is 2. The molecule has 7 nitrogen and oxygen atoms in total. The van der Waals surface area contributed by atoms with Crippen LogP contribution in [-0.4, -0.2) is 73.6 Å². The fourth-order valence-electron chi connectivity index (χ4n) is 2.72. The second-order valence-corrected chi connectivity index (χ2v) is 5.86. The number of rotatable bonds is 8. The third-order valence-corrected chi connectivity index (χ3v) is 4.27. The van der Waals surface area contributed by atoms with E-state index in [2.05, 4.69) is 10.2 Å². The molecule has 1 aliphatic rings. The highest BCUT2D eigenvalue weighted by Crippen LogP contribution is 2.11. The van der Waals surface area contributed by atoms with Gasteiger partial charge in [0, 0.05) is 45.9 Å². The Kier molecular flexibility index (Phi) is 7.27. The average molecular weight is 337 g/mol. The van der Waals surface area contributed by atoms with Gasteiger partial charge >= 0.3 is 0 Å². The van der Waals surface area contributed by atoms with E-state index in [0.29, 0.717) is 51.5 Å². The van der Waals surface area contributed by atoms with Crippen molar-refractivity contribution in [1.29, 1.82) is 0 Å². The van der Waals surface area contributed by atoms with E-state index in [1.807, 2.05) is 13.8 Å². The standard InChI is InChI=1S/C17H27N3O4/c1-3-23-11-4-6-18-16(21)14(2)19-7-9-20(10-8-19)17(22)15-5-12-24-13-15/h5,12-14H,3-4,6-11H2,1-2H3,(H,18,21). The molecule has 0 bridgehead atoms. The molecule has 1 unspecified atom stereocenters. The highest BCUT2D eigenvalue weighted by molar-refractivity contribution is 5.93. The Morgan fingerprint density at radius 1 is 1.33 bits per heavy atom. The maximum atomic E-state index is 12.3. The Morgan fingerprint density at radius 3 is 2.71 bits per heavy atom. The van der Waals surface area contributed by atoms with Crippen LogP contribution in [0.5, 0.6) is 0 Å². The van der Waals surface area contributed by atoms with Crippen LogP contribution in [0.25, 0.3) is 0 Å². The second-order valence-electron chi connectivity index (χ2n) is 5.86. The minimum Gasteiger partial charge on any atom is -0.472 e. The first-order chi connectivity index (χ1) is 11.6. The molecule has 2 amide bonds. The smallest absolute Gasteiger partial charge is 0.257 e. The molecule has 134 valence electrons. The number of hydrogen-bond acceptors (Lipinski definition) is 5. The number of hydrogen-bond donors (Lipinski definition) is 1. The molecule has 2 heterocycles. The zero-order valence-corrected chi connectivity index (χ0v) is 14.5. The van der Waals surface area contributed by atoms with Crippen LogP contribution >= 0.6 is 0 Å². The van der Waals surface area contributed by atoms with Gasteiger partial charge in [-0.1, -0.05) is 0 Å². The average Bonchev–Trinajstić information content (AvgIpc) is 3.15. The minimum atomic E-state index is -0.191. The molecular weight excluding hydrogens is 310 g/mol. The predicted octanol–water partition coefficient (Wildman–Crippen LogP) is 0.969. The first-order valence-corrected chi connectivity index (χ1v) is 8.54. The number of nitrogens with zero attached hydrogens (tertiary/aromatic N) is 2. The van der Waals surface area contributed by atoms with Crippen molar-refractivity contribution in [2.75, 3.05) is 45.9 Å². The van der Waals surface area contributed by atoms with Crippen LogP contribution in [0.1, 0.15) is 30.6 Å². The van der Waals surface area contributed by atoms with Crippen LogP contribution in [-0.2, 0) is 9.53 Å². The molecule has 1 aromatic heterocycles. The van der Waals surface area contributed by atoms with Crippen LogP contribution < -0.4 is 5.32 Å². The van der Waals surface area contributed by atoms with Crippen molar-refractivity contribution >= 4 is 11.8 Å². The molecule has 0 spiro atoms. The van der Waals surface area contributed by atoms with E-state index >= 15 is 0 Å². The molecule has 1 fully saturated rings. The van der Waals surface area contributed by atoms with Crippen molar-refractivity contribution in [1.82, 2.24) is 15.1 Å². The van der Waals surface area contributed by atoms with Gasteiger partial charge in [0.05, 0.1) is 17.9 Å². The van der Waals surface area contributed by atoms with E-state index in [4.69, 9.17) is 9.15 Å². The Labute approximate surface area is 142 Å². The van der Waals surface area contributed by atoms with Gasteiger partial charge in [0.2, 0.25) is 5.91 Å². The molecule has 1 atom stereocenters. The quantitative estimate of drug-likeness (QED) is 0.716. The van der Waals surface area contributed by atoms with Gasteiger partial charge in [-0.25, -0.2) is 0 Å². The van der Waals surface area contributed by atoms with Crippen molar-refractivity contribution in [2.45, 2.75) is 26.3 Å². The van der Waals surface area contributed by atoms with E-state index in [9.17, 15) is 9.59 Å². The van der Waals surface area contributed by atoms with Crippen molar-refractivity contribution in [3.63, 3.8) is 0 Å². The number of nitrogens with one attached hydrogen (secondary N) is 1. The maximum absolute atomic E-state index is 12.3. The molecule has 0 saturated carbocycles. The van der Waals surface area contributed by atoms with Crippen molar-refractivity contribution in [3.8, 4) is 0 Å². The Hall–Kier alpha value is -1.86. The summed E-state index contributed by atoms with van der Waals surface area (Å²) in [5.41, 5.74) is 0.573. The molecular formula is C17H27N3O4. The number of piperazine rings is 1. The SMILES string of the molecule is CCOCCCNC(=O)C(C)N1CCN(C(=O)c2ccoc2)CC1. The van der Waals surface area contributed by atoms with Gasteiger partial charge in [-0.3, -0.25) is 14.5 Å². The molecule has 1 aliphatic heterocycles. The summed E-state index contributed by atoms with van der Waals surface area (Å²) >= 11 is 0. The molecule has 24 heavy (non-hydrogen) atoms. The normalized spacial score (nSPS) is 16.8. The molecule has 0 aromatic carbocycles. The molecule has 1 N–H and O–H groups in total. The van der Waals surface area contributed by atoms with Crippen molar-refractivity contribution in [3.05, 3.63) is 24.2 Å². The number of furan rings is 1. The lowest BCUT2D eigenvalue weighted by Crippen LogP contribution is -2.55. The monoisotopic (exact) mass is 337 g/mol. The van der Waals surface area contributed by atoms with Crippen LogP contribution in [0.2, 0.25) is 0 Å². The number of carbonyl (C=O) groups is 2. The summed E-state index contributed by atoms with van der Waals surface area (Å²) < 4.78 is 10.2. The summed E-state index contributed by atoms with van der Waals surface area (Å²) in [7, 11) is 0. The number of ether oxygens (including phenoxy) is 1. The summed E-state index contributed by atoms with van der Waals surface area (Å²) in [5.74, 6) is 0.0116. The van der Waals surface area contributed by atoms with Gasteiger partial charge in [-0.05, 0) is 26.3 Å². The van der Waals surface area contributed by atoms with E-state index in [1.165, 1.54) is 12.5 Å². The second kappa shape index (κ2) is 9.44. The van der Waals surface area contributed by atoms with Gasteiger partial charge in [0.15, 0.2) is 0 Å². The first-order valence-electron chi connectivity index (χ1n) is 8.54. The molecule has 0 aliphatic carbocycles. The maximum Gasteiger partial charge on any atom is 0.257 e. The van der Waals surface area contributed by atoms with Gasteiger partial charge in [0.1, 0.15) is 6.26 Å². The lowest BCUT2D eigenvalue weighted by molar-refractivity contribution is -0.126. The topological polar surface area (TPSA) is 75.0 Å². The van der Waals surface area contributed by atoms with Gasteiger partial charge in [0.25, 0.3) is 5.91 Å². The fourth-order valence-corrected chi connectivity index (χ4v) is 2.72. The largest absolute Gasteiger partial charge is 0.472 e. The third kappa shape index (κ3) is 5.07. The Morgan fingerprint density at radius 2 is 2.08 bits per heavy atom. The fraction of sp³-hybridized carbons (Fsp3) is 0.647. The zero-order valence-electron chi connectivity index (χ0n) is 14.5. The Balaban J connectivity index is 1.71. The summed E-state index contributed by atoms with van der Waals surface area (Å²) in [6.07, 6.45) is 3.79. The van der Waals surface area contributed by atoms with E-state index in [1.54, 1.807) is 11.0 Å². The molecule has 7 heteroatoms. The van der Waals surface area contributed by atoms with E-state index in [0.717, 1.165) is 6.42 Å². The third-order valence-electron chi connectivity index (χ3n) is 4.27. The summed E-state index contributed by atoms with van der Waals surface area (Å²) in [6.45, 7) is 8.48. The molecule has 1 aromatic rings. The van der Waals surface area contributed by atoms with Crippen molar-refractivity contribution < 1.29 is 18.7 Å². The van der Waals surface area contributed by atoms with Gasteiger partial charge in [-0.15, -0.1) is 0 Å². The predicted molar refractivity (Wildman–Crippen MR) is 89.8 cm³/mol. The van der Waals surface area contributed by atoms with Crippen LogP contribution in [0.3, 0.4) is 0 Å². The van der Waals surface area contributed by atoms with Gasteiger partial charge in [-0.2, -0.15) is 0 Å². The molecule has 2 rings (SSSR count). The summed E-state index contributed by atoms with van der Waals surface area (Å²) in [4.78, 5) is 28.4. The van der Waals surface area contributed by atoms with Crippen LogP contribution in [0.15, 0.2) is 23.0 Å². The summed E-state index contributed by atoms with van der Waals surface area (Å²) in [6, 6.07) is 1.48.